The number of carbonyl (C=O) groups is 1. The first-order valence-corrected chi connectivity index (χ1v) is 5.99. The highest BCUT2D eigenvalue weighted by Gasteiger charge is 2.26. The standard InChI is InChI=1S/C13H17FN2O2.ClH/c1-9-3-2-4-11(12(9)14)13(17)16-5-6-18-10(7-15)8-16;/h2-4,10H,5-8,15H2,1H3;1H. The maximum Gasteiger partial charge on any atom is 0.257 e. The molecule has 1 heterocycles. The van der Waals surface area contributed by atoms with E-state index in [-0.39, 0.29) is 30.0 Å². The number of amides is 1. The Balaban J connectivity index is 0.00000180. The van der Waals surface area contributed by atoms with Gasteiger partial charge in [0.25, 0.3) is 5.91 Å². The van der Waals surface area contributed by atoms with Gasteiger partial charge in [0.05, 0.1) is 18.3 Å². The van der Waals surface area contributed by atoms with Crippen LogP contribution in [0.1, 0.15) is 15.9 Å². The molecular weight excluding hydrogens is 271 g/mol. The summed E-state index contributed by atoms with van der Waals surface area (Å²) in [5, 5.41) is 0. The Morgan fingerprint density at radius 3 is 3.00 bits per heavy atom. The Hall–Kier alpha value is -1.17. The van der Waals surface area contributed by atoms with Gasteiger partial charge in [-0.1, -0.05) is 12.1 Å². The van der Waals surface area contributed by atoms with Crippen molar-refractivity contribution in [2.75, 3.05) is 26.2 Å². The van der Waals surface area contributed by atoms with E-state index in [1.54, 1.807) is 24.0 Å². The summed E-state index contributed by atoms with van der Waals surface area (Å²) in [6, 6.07) is 4.85. The number of hydrogen-bond donors (Lipinski definition) is 1. The van der Waals surface area contributed by atoms with Crippen LogP contribution in [0.2, 0.25) is 0 Å². The second kappa shape index (κ2) is 6.84. The lowest BCUT2D eigenvalue weighted by Gasteiger charge is -2.32. The molecule has 1 atom stereocenters. The minimum Gasteiger partial charge on any atom is -0.373 e. The highest BCUT2D eigenvalue weighted by atomic mass is 35.5. The molecule has 1 aromatic carbocycles. The summed E-state index contributed by atoms with van der Waals surface area (Å²) in [6.07, 6.45) is -0.157. The molecular formula is C13H18ClFN2O2. The van der Waals surface area contributed by atoms with Gasteiger partial charge in [0.1, 0.15) is 5.82 Å². The summed E-state index contributed by atoms with van der Waals surface area (Å²) in [7, 11) is 0. The monoisotopic (exact) mass is 288 g/mol. The average molecular weight is 289 g/mol. The Labute approximate surface area is 118 Å². The molecule has 19 heavy (non-hydrogen) atoms. The van der Waals surface area contributed by atoms with Crippen LogP contribution in [0.4, 0.5) is 4.39 Å². The molecule has 0 spiro atoms. The van der Waals surface area contributed by atoms with Crippen LogP contribution in [0, 0.1) is 12.7 Å². The second-order valence-electron chi connectivity index (χ2n) is 4.42. The van der Waals surface area contributed by atoms with Gasteiger partial charge in [-0.05, 0) is 18.6 Å². The topological polar surface area (TPSA) is 55.6 Å². The van der Waals surface area contributed by atoms with Gasteiger partial charge < -0.3 is 15.4 Å². The van der Waals surface area contributed by atoms with Crippen molar-refractivity contribution in [3.63, 3.8) is 0 Å². The van der Waals surface area contributed by atoms with Crippen LogP contribution in [0.25, 0.3) is 0 Å². The average Bonchev–Trinajstić information content (AvgIpc) is 2.41. The lowest BCUT2D eigenvalue weighted by molar-refractivity contribution is -0.0169. The van der Waals surface area contributed by atoms with Crippen LogP contribution in [-0.2, 0) is 4.74 Å². The maximum atomic E-state index is 13.9. The predicted octanol–water partition coefficient (Wildman–Crippen LogP) is 1.36. The van der Waals surface area contributed by atoms with Crippen molar-refractivity contribution >= 4 is 18.3 Å². The summed E-state index contributed by atoms with van der Waals surface area (Å²) in [6.45, 7) is 3.35. The minimum absolute atomic E-state index is 0. The van der Waals surface area contributed by atoms with Gasteiger partial charge in [0.2, 0.25) is 0 Å². The summed E-state index contributed by atoms with van der Waals surface area (Å²) in [5.74, 6) is -0.740. The van der Waals surface area contributed by atoms with Crippen LogP contribution in [0.3, 0.4) is 0 Å². The van der Waals surface area contributed by atoms with Crippen LogP contribution < -0.4 is 5.73 Å². The third-order valence-electron chi connectivity index (χ3n) is 3.11. The number of aryl methyl sites for hydroxylation is 1. The Morgan fingerprint density at radius 2 is 2.32 bits per heavy atom. The highest BCUT2D eigenvalue weighted by molar-refractivity contribution is 5.94. The van der Waals surface area contributed by atoms with Crippen molar-refractivity contribution in [1.82, 2.24) is 4.90 Å². The van der Waals surface area contributed by atoms with Crippen LogP contribution in [0.15, 0.2) is 18.2 Å². The number of ether oxygens (including phenoxy) is 1. The molecule has 1 saturated heterocycles. The van der Waals surface area contributed by atoms with Crippen molar-refractivity contribution < 1.29 is 13.9 Å². The van der Waals surface area contributed by atoms with Crippen LogP contribution in [0.5, 0.6) is 0 Å². The van der Waals surface area contributed by atoms with Crippen molar-refractivity contribution in [1.29, 1.82) is 0 Å². The van der Waals surface area contributed by atoms with Gasteiger partial charge in [-0.2, -0.15) is 0 Å². The highest BCUT2D eigenvalue weighted by Crippen LogP contribution is 2.16. The van der Waals surface area contributed by atoms with Gasteiger partial charge in [0, 0.05) is 19.6 Å². The fourth-order valence-electron chi connectivity index (χ4n) is 2.03. The van der Waals surface area contributed by atoms with Gasteiger partial charge in [-0.3, -0.25) is 4.79 Å². The van der Waals surface area contributed by atoms with Gasteiger partial charge in [0.15, 0.2) is 0 Å². The largest absolute Gasteiger partial charge is 0.373 e. The molecule has 1 aromatic rings. The maximum absolute atomic E-state index is 13.9. The number of nitrogens with zero attached hydrogens (tertiary/aromatic N) is 1. The van der Waals surface area contributed by atoms with E-state index in [2.05, 4.69) is 0 Å². The molecule has 1 amide bonds. The summed E-state index contributed by atoms with van der Waals surface area (Å²) < 4.78 is 19.3. The van der Waals surface area contributed by atoms with E-state index in [9.17, 15) is 9.18 Å². The molecule has 106 valence electrons. The normalized spacial score (nSPS) is 18.9. The van der Waals surface area contributed by atoms with Crippen molar-refractivity contribution in [2.45, 2.75) is 13.0 Å². The summed E-state index contributed by atoms with van der Waals surface area (Å²) >= 11 is 0. The summed E-state index contributed by atoms with van der Waals surface area (Å²) in [4.78, 5) is 13.8. The van der Waals surface area contributed by atoms with E-state index in [1.165, 1.54) is 6.07 Å². The molecule has 2 rings (SSSR count). The van der Waals surface area contributed by atoms with E-state index in [0.717, 1.165) is 0 Å². The van der Waals surface area contributed by atoms with E-state index in [0.29, 0.717) is 31.8 Å². The van der Waals surface area contributed by atoms with Crippen LogP contribution >= 0.6 is 12.4 Å². The lowest BCUT2D eigenvalue weighted by Crippen LogP contribution is -2.48. The molecule has 0 radical (unpaired) electrons. The first-order chi connectivity index (χ1) is 8.63. The van der Waals surface area contributed by atoms with E-state index >= 15 is 0 Å². The van der Waals surface area contributed by atoms with Crippen LogP contribution in [-0.4, -0.2) is 43.2 Å². The smallest absolute Gasteiger partial charge is 0.257 e. The molecule has 4 nitrogen and oxygen atoms in total. The molecule has 1 aliphatic heterocycles. The number of rotatable bonds is 2. The zero-order valence-electron chi connectivity index (χ0n) is 10.8. The molecule has 0 bridgehead atoms. The molecule has 1 aliphatic rings. The minimum atomic E-state index is -0.446. The molecule has 6 heteroatoms. The Morgan fingerprint density at radius 1 is 1.58 bits per heavy atom. The Kier molecular flexibility index (Phi) is 5.72. The van der Waals surface area contributed by atoms with Crippen molar-refractivity contribution in [3.05, 3.63) is 35.1 Å². The quantitative estimate of drug-likeness (QED) is 0.894. The first-order valence-electron chi connectivity index (χ1n) is 5.99. The number of halogens is 2. The molecule has 0 aliphatic carbocycles. The third-order valence-corrected chi connectivity index (χ3v) is 3.11. The predicted molar refractivity (Wildman–Crippen MR) is 73.1 cm³/mol. The number of hydrogen-bond acceptors (Lipinski definition) is 3. The number of carbonyl (C=O) groups excluding carboxylic acids is 1. The summed E-state index contributed by atoms with van der Waals surface area (Å²) in [5.41, 5.74) is 6.12. The third kappa shape index (κ3) is 3.43. The fourth-order valence-corrected chi connectivity index (χ4v) is 2.03. The van der Waals surface area contributed by atoms with Gasteiger partial charge >= 0.3 is 0 Å². The van der Waals surface area contributed by atoms with E-state index in [1.807, 2.05) is 0 Å². The lowest BCUT2D eigenvalue weighted by atomic mass is 10.1. The van der Waals surface area contributed by atoms with Crippen molar-refractivity contribution in [2.24, 2.45) is 5.73 Å². The zero-order chi connectivity index (χ0) is 13.1. The first kappa shape index (κ1) is 15.9. The molecule has 2 N–H and O–H groups in total. The van der Waals surface area contributed by atoms with E-state index < -0.39 is 5.82 Å². The Bertz CT molecular complexity index is 456. The number of morpholine rings is 1. The number of nitrogens with two attached hydrogens (primary N) is 1. The van der Waals surface area contributed by atoms with Crippen molar-refractivity contribution in [3.8, 4) is 0 Å². The molecule has 0 aromatic heterocycles. The molecule has 1 fully saturated rings. The van der Waals surface area contributed by atoms with Gasteiger partial charge in [-0.25, -0.2) is 4.39 Å². The molecule has 1 unspecified atom stereocenters. The number of benzene rings is 1. The van der Waals surface area contributed by atoms with Gasteiger partial charge in [-0.15, -0.1) is 12.4 Å². The second-order valence-corrected chi connectivity index (χ2v) is 4.42. The fraction of sp³-hybridized carbons (Fsp3) is 0.462. The SMILES string of the molecule is Cc1cccc(C(=O)N2CCOC(CN)C2)c1F.Cl. The molecule has 0 saturated carbocycles. The van der Waals surface area contributed by atoms with E-state index in [4.69, 9.17) is 10.5 Å². The zero-order valence-corrected chi connectivity index (χ0v) is 11.6.